The van der Waals surface area contributed by atoms with Crippen molar-refractivity contribution in [3.63, 3.8) is 0 Å². The van der Waals surface area contributed by atoms with Gasteiger partial charge in [-0.05, 0) is 45.4 Å². The number of ether oxygens (including phenoxy) is 5. The van der Waals surface area contributed by atoms with Gasteiger partial charge >= 0.3 is 0 Å². The molecule has 0 aromatic carbocycles. The molecule has 0 amide bonds. The molecule has 2 fully saturated rings. The molecular formula is C24H32BO10. The number of rotatable bonds is 8. The minimum atomic E-state index is -0.464. The van der Waals surface area contributed by atoms with Crippen LogP contribution in [-0.2, 0) is 32.2 Å². The van der Waals surface area contributed by atoms with Crippen LogP contribution in [0.3, 0.4) is 0 Å². The summed E-state index contributed by atoms with van der Waals surface area (Å²) >= 11 is 0. The highest BCUT2D eigenvalue weighted by molar-refractivity contribution is 5.75. The average Bonchev–Trinajstić information content (AvgIpc) is 2.87. The molecule has 3 radical (unpaired) electrons. The van der Waals surface area contributed by atoms with E-state index in [1.165, 1.54) is 18.4 Å². The third-order valence-corrected chi connectivity index (χ3v) is 5.12. The number of hydrogen-bond acceptors (Lipinski definition) is 10. The molecule has 2 aliphatic rings. The summed E-state index contributed by atoms with van der Waals surface area (Å²) in [6.45, 7) is 4.13. The van der Waals surface area contributed by atoms with Gasteiger partial charge in [0.1, 0.15) is 37.3 Å². The summed E-state index contributed by atoms with van der Waals surface area (Å²) in [4.78, 5) is 22.7. The van der Waals surface area contributed by atoms with Gasteiger partial charge in [0.05, 0.1) is 6.61 Å². The van der Waals surface area contributed by atoms with Gasteiger partial charge < -0.3 is 37.6 Å². The van der Waals surface area contributed by atoms with Crippen molar-refractivity contribution in [2.45, 2.75) is 71.2 Å². The molecule has 191 valence electrons. The van der Waals surface area contributed by atoms with Gasteiger partial charge in [0.15, 0.2) is 18.3 Å². The van der Waals surface area contributed by atoms with E-state index in [2.05, 4.69) is 0 Å². The van der Waals surface area contributed by atoms with E-state index >= 15 is 0 Å². The summed E-state index contributed by atoms with van der Waals surface area (Å²) in [7, 11) is 0. The second kappa shape index (κ2) is 15.4. The van der Waals surface area contributed by atoms with E-state index in [4.69, 9.17) is 37.6 Å². The van der Waals surface area contributed by atoms with Crippen molar-refractivity contribution in [2.24, 2.45) is 0 Å². The second-order valence-corrected chi connectivity index (χ2v) is 7.82. The maximum absolute atomic E-state index is 11.6. The lowest BCUT2D eigenvalue weighted by atomic mass is 10.2. The van der Waals surface area contributed by atoms with Crippen LogP contribution in [0, 0.1) is 0 Å². The number of aromatic hydroxyl groups is 1. The predicted octanol–water partition coefficient (Wildman–Crippen LogP) is 3.09. The van der Waals surface area contributed by atoms with Gasteiger partial charge in [-0.1, -0.05) is 0 Å². The van der Waals surface area contributed by atoms with Crippen LogP contribution < -0.4 is 15.6 Å². The molecule has 4 heterocycles. The summed E-state index contributed by atoms with van der Waals surface area (Å²) in [5, 5.41) is 8.99. The largest absolute Gasteiger partial charge is 0.502 e. The lowest BCUT2D eigenvalue weighted by molar-refractivity contribution is -0.171. The Balaban J connectivity index is 0.000000241. The molecule has 0 spiro atoms. The van der Waals surface area contributed by atoms with E-state index in [1.807, 2.05) is 6.92 Å². The first-order chi connectivity index (χ1) is 16.5. The van der Waals surface area contributed by atoms with Crippen LogP contribution >= 0.6 is 0 Å². The Hall–Kier alpha value is -2.60. The first kappa shape index (κ1) is 28.6. The van der Waals surface area contributed by atoms with Crippen LogP contribution in [-0.4, -0.2) is 45.9 Å². The third-order valence-electron chi connectivity index (χ3n) is 5.12. The highest BCUT2D eigenvalue weighted by Crippen LogP contribution is 2.17. The van der Waals surface area contributed by atoms with E-state index in [-0.39, 0.29) is 45.4 Å². The van der Waals surface area contributed by atoms with Crippen molar-refractivity contribution in [3.05, 3.63) is 56.6 Å². The summed E-state index contributed by atoms with van der Waals surface area (Å²) in [5.41, 5.74) is -0.652. The maximum atomic E-state index is 11.6. The first-order valence-corrected chi connectivity index (χ1v) is 11.6. The Bertz CT molecular complexity index is 977. The molecule has 10 nitrogen and oxygen atoms in total. The fourth-order valence-electron chi connectivity index (χ4n) is 3.33. The molecule has 4 rings (SSSR count). The van der Waals surface area contributed by atoms with Crippen molar-refractivity contribution >= 4 is 8.41 Å². The standard InChI is InChI=1S/C13H18O5.C11H14O5.B/c1-2-15-12-9-17-10(7-11(12)14)8-18-13-5-3-4-6-16-13;12-9-5-8(15-7-10(9)13)6-16-11-3-1-2-4-14-11;/h7,9,13H,2-6,8H2,1H3;5,7,11,13H,1-4,6H2;. The van der Waals surface area contributed by atoms with Crippen LogP contribution in [0.4, 0.5) is 0 Å². The van der Waals surface area contributed by atoms with E-state index < -0.39 is 11.2 Å². The van der Waals surface area contributed by atoms with Gasteiger partial charge in [0, 0.05) is 33.8 Å². The molecule has 35 heavy (non-hydrogen) atoms. The molecule has 0 aliphatic carbocycles. The molecule has 1 N–H and O–H groups in total. The Morgan fingerprint density at radius 2 is 1.40 bits per heavy atom. The molecule has 11 heteroatoms. The van der Waals surface area contributed by atoms with Gasteiger partial charge in [-0.25, -0.2) is 0 Å². The monoisotopic (exact) mass is 491 g/mol. The van der Waals surface area contributed by atoms with Crippen LogP contribution in [0.15, 0.2) is 43.1 Å². The normalized spacial score (nSPS) is 19.7. The van der Waals surface area contributed by atoms with Gasteiger partial charge in [-0.3, -0.25) is 9.59 Å². The van der Waals surface area contributed by atoms with Crippen molar-refractivity contribution in [1.29, 1.82) is 0 Å². The topological polar surface area (TPSA) is 127 Å². The van der Waals surface area contributed by atoms with E-state index in [9.17, 15) is 9.59 Å². The molecule has 2 unspecified atom stereocenters. The van der Waals surface area contributed by atoms with Crippen molar-refractivity contribution in [2.75, 3.05) is 19.8 Å². The van der Waals surface area contributed by atoms with Gasteiger partial charge in [0.2, 0.25) is 16.6 Å². The van der Waals surface area contributed by atoms with Crippen LogP contribution in [0.5, 0.6) is 11.5 Å². The van der Waals surface area contributed by atoms with E-state index in [1.54, 1.807) is 0 Å². The minimum Gasteiger partial charge on any atom is -0.502 e. The minimum absolute atomic E-state index is 0. The Morgan fingerprint density at radius 1 is 0.857 bits per heavy atom. The summed E-state index contributed by atoms with van der Waals surface area (Å²) < 4.78 is 37.1. The Morgan fingerprint density at radius 3 is 1.86 bits per heavy atom. The molecule has 2 aliphatic heterocycles. The summed E-state index contributed by atoms with van der Waals surface area (Å²) in [5.74, 6) is 0.711. The van der Waals surface area contributed by atoms with E-state index in [0.29, 0.717) is 24.7 Å². The predicted molar refractivity (Wildman–Crippen MR) is 125 cm³/mol. The highest BCUT2D eigenvalue weighted by atomic mass is 16.7. The fourth-order valence-corrected chi connectivity index (χ4v) is 3.33. The summed E-state index contributed by atoms with van der Waals surface area (Å²) in [6, 6.07) is 2.62. The summed E-state index contributed by atoms with van der Waals surface area (Å²) in [6.07, 6.45) is 8.04. The first-order valence-electron chi connectivity index (χ1n) is 11.6. The highest BCUT2D eigenvalue weighted by Gasteiger charge is 2.16. The van der Waals surface area contributed by atoms with Crippen molar-refractivity contribution in [1.82, 2.24) is 0 Å². The van der Waals surface area contributed by atoms with Crippen LogP contribution in [0.25, 0.3) is 0 Å². The Labute approximate surface area is 205 Å². The van der Waals surface area contributed by atoms with Gasteiger partial charge in [0.25, 0.3) is 0 Å². The molecule has 0 bridgehead atoms. The smallest absolute Gasteiger partial charge is 0.227 e. The second-order valence-electron chi connectivity index (χ2n) is 7.82. The SMILES string of the molecule is CCOc1coc(COC2CCCCO2)cc1=O.O=c1cc(COC2CCCCO2)occ1O.[B]. The molecule has 2 aromatic heterocycles. The van der Waals surface area contributed by atoms with Crippen LogP contribution in [0.1, 0.15) is 57.0 Å². The lowest BCUT2D eigenvalue weighted by Crippen LogP contribution is -2.22. The van der Waals surface area contributed by atoms with Crippen LogP contribution in [0.2, 0.25) is 0 Å². The molecule has 2 saturated heterocycles. The lowest BCUT2D eigenvalue weighted by Gasteiger charge is -2.22. The third kappa shape index (κ3) is 9.89. The Kier molecular flexibility index (Phi) is 12.6. The van der Waals surface area contributed by atoms with Gasteiger partial charge in [-0.15, -0.1) is 0 Å². The average molecular weight is 491 g/mol. The zero-order valence-electron chi connectivity index (χ0n) is 19.9. The quantitative estimate of drug-likeness (QED) is 0.551. The van der Waals surface area contributed by atoms with Crippen molar-refractivity contribution < 1.29 is 37.6 Å². The zero-order chi connectivity index (χ0) is 24.2. The zero-order valence-corrected chi connectivity index (χ0v) is 19.9. The molecule has 2 atom stereocenters. The van der Waals surface area contributed by atoms with Crippen molar-refractivity contribution in [3.8, 4) is 11.5 Å². The number of hydrogen-bond donors (Lipinski definition) is 1. The molecule has 2 aromatic rings. The molecular weight excluding hydrogens is 459 g/mol. The molecule has 0 saturated carbocycles. The fraction of sp³-hybridized carbons (Fsp3) is 0.583. The maximum Gasteiger partial charge on any atom is 0.227 e. The van der Waals surface area contributed by atoms with E-state index in [0.717, 1.165) is 51.4 Å². The van der Waals surface area contributed by atoms with Gasteiger partial charge in [-0.2, -0.15) is 0 Å².